The second-order valence-corrected chi connectivity index (χ2v) is 7.13. The van der Waals surface area contributed by atoms with Crippen LogP contribution in [-0.2, 0) is 11.2 Å². The minimum atomic E-state index is -0.204. The smallest absolute Gasteiger partial charge is 0.254 e. The van der Waals surface area contributed by atoms with Crippen LogP contribution in [0.25, 0.3) is 0 Å². The summed E-state index contributed by atoms with van der Waals surface area (Å²) in [6.07, 6.45) is 2.65. The average molecular weight is 355 g/mol. The lowest BCUT2D eigenvalue weighted by atomic mass is 9.95. The van der Waals surface area contributed by atoms with Crippen molar-refractivity contribution in [1.29, 1.82) is 0 Å². The van der Waals surface area contributed by atoms with Crippen molar-refractivity contribution in [2.45, 2.75) is 26.2 Å². The predicted octanol–water partition coefficient (Wildman–Crippen LogP) is 4.22. The highest BCUT2D eigenvalue weighted by Crippen LogP contribution is 2.22. The van der Waals surface area contributed by atoms with Crippen molar-refractivity contribution >= 4 is 5.91 Å². The molecule has 26 heavy (non-hydrogen) atoms. The topological polar surface area (TPSA) is 29.5 Å². The van der Waals surface area contributed by atoms with Gasteiger partial charge in [-0.25, -0.2) is 4.39 Å². The Labute approximate surface area is 154 Å². The van der Waals surface area contributed by atoms with E-state index in [-0.39, 0.29) is 11.7 Å². The van der Waals surface area contributed by atoms with Crippen LogP contribution < -0.4 is 0 Å². The van der Waals surface area contributed by atoms with Gasteiger partial charge in [-0.3, -0.25) is 4.79 Å². The third kappa shape index (κ3) is 4.31. The second kappa shape index (κ2) is 8.45. The van der Waals surface area contributed by atoms with Crippen LogP contribution in [0.4, 0.5) is 4.39 Å². The number of likely N-dealkylation sites (tertiary alicyclic amines) is 1. The van der Waals surface area contributed by atoms with Gasteiger partial charge in [0.2, 0.25) is 0 Å². The normalized spacial score (nSPS) is 17.3. The highest BCUT2D eigenvalue weighted by molar-refractivity contribution is 5.95. The number of hydrogen-bond donors (Lipinski definition) is 0. The fraction of sp³-hybridized carbons (Fsp3) is 0.409. The molecule has 3 rings (SSSR count). The molecule has 1 unspecified atom stereocenters. The first-order chi connectivity index (χ1) is 12.6. The summed E-state index contributed by atoms with van der Waals surface area (Å²) in [6, 6.07) is 12.9. The zero-order valence-corrected chi connectivity index (χ0v) is 15.5. The lowest BCUT2D eigenvalue weighted by molar-refractivity contribution is 0.0570. The number of carbonyl (C=O) groups is 1. The number of piperidine rings is 1. The number of ether oxygens (including phenoxy) is 1. The number of halogens is 1. The van der Waals surface area contributed by atoms with Gasteiger partial charge in [-0.15, -0.1) is 0 Å². The van der Waals surface area contributed by atoms with Crippen LogP contribution in [0.5, 0.6) is 0 Å². The summed E-state index contributed by atoms with van der Waals surface area (Å²) < 4.78 is 19.1. The van der Waals surface area contributed by atoms with Crippen molar-refractivity contribution < 1.29 is 13.9 Å². The van der Waals surface area contributed by atoms with Crippen LogP contribution in [0.15, 0.2) is 42.5 Å². The second-order valence-electron chi connectivity index (χ2n) is 7.13. The van der Waals surface area contributed by atoms with Gasteiger partial charge in [0.05, 0.1) is 6.61 Å². The molecule has 1 fully saturated rings. The lowest BCUT2D eigenvalue weighted by Crippen LogP contribution is -2.41. The van der Waals surface area contributed by atoms with Crippen LogP contribution >= 0.6 is 0 Å². The Balaban J connectivity index is 1.79. The van der Waals surface area contributed by atoms with Crippen LogP contribution in [-0.4, -0.2) is 37.6 Å². The summed E-state index contributed by atoms with van der Waals surface area (Å²) in [5, 5.41) is 0. The van der Waals surface area contributed by atoms with Gasteiger partial charge in [0.25, 0.3) is 5.91 Å². The Morgan fingerprint density at radius 1 is 1.27 bits per heavy atom. The Bertz CT molecular complexity index is 772. The molecule has 1 heterocycles. The molecule has 4 heteroatoms. The van der Waals surface area contributed by atoms with E-state index in [4.69, 9.17) is 4.74 Å². The Hall–Kier alpha value is -2.20. The van der Waals surface area contributed by atoms with Gasteiger partial charge in [-0.1, -0.05) is 30.3 Å². The van der Waals surface area contributed by atoms with Gasteiger partial charge >= 0.3 is 0 Å². The van der Waals surface area contributed by atoms with Crippen molar-refractivity contribution in [3.05, 3.63) is 70.5 Å². The van der Waals surface area contributed by atoms with E-state index in [0.717, 1.165) is 37.1 Å². The third-order valence-corrected chi connectivity index (χ3v) is 5.09. The molecule has 2 aromatic carbocycles. The fourth-order valence-electron chi connectivity index (χ4n) is 3.64. The molecule has 0 bridgehead atoms. The van der Waals surface area contributed by atoms with E-state index in [9.17, 15) is 9.18 Å². The minimum Gasteiger partial charge on any atom is -0.384 e. The Kier molecular flexibility index (Phi) is 6.04. The van der Waals surface area contributed by atoms with Crippen LogP contribution in [0.3, 0.4) is 0 Å². The van der Waals surface area contributed by atoms with Crippen molar-refractivity contribution in [2.75, 3.05) is 26.8 Å². The van der Waals surface area contributed by atoms with Crippen LogP contribution in [0.2, 0.25) is 0 Å². The molecule has 1 saturated heterocycles. The predicted molar refractivity (Wildman–Crippen MR) is 101 cm³/mol. The average Bonchev–Trinajstić information content (AvgIpc) is 2.65. The van der Waals surface area contributed by atoms with Gasteiger partial charge in [-0.05, 0) is 60.9 Å². The molecule has 1 aliphatic rings. The Morgan fingerprint density at radius 2 is 2.08 bits per heavy atom. The monoisotopic (exact) mass is 355 g/mol. The van der Waals surface area contributed by atoms with Crippen LogP contribution in [0.1, 0.15) is 39.9 Å². The number of aryl methyl sites for hydroxylation is 1. The zero-order chi connectivity index (χ0) is 18.5. The van der Waals surface area contributed by atoms with Crippen molar-refractivity contribution in [1.82, 2.24) is 4.90 Å². The largest absolute Gasteiger partial charge is 0.384 e. The molecule has 0 N–H and O–H groups in total. The molecule has 1 amide bonds. The number of rotatable bonds is 5. The first-order valence-corrected chi connectivity index (χ1v) is 9.19. The Morgan fingerprint density at radius 3 is 2.85 bits per heavy atom. The summed E-state index contributed by atoms with van der Waals surface area (Å²) >= 11 is 0. The summed E-state index contributed by atoms with van der Waals surface area (Å²) in [6.45, 7) is 3.96. The van der Waals surface area contributed by atoms with E-state index >= 15 is 0 Å². The quantitative estimate of drug-likeness (QED) is 0.803. The number of amides is 1. The van der Waals surface area contributed by atoms with Crippen molar-refractivity contribution in [3.8, 4) is 0 Å². The van der Waals surface area contributed by atoms with Gasteiger partial charge < -0.3 is 9.64 Å². The maximum absolute atomic E-state index is 13.9. The van der Waals surface area contributed by atoms with E-state index in [1.165, 1.54) is 0 Å². The maximum Gasteiger partial charge on any atom is 0.254 e. The highest BCUT2D eigenvalue weighted by Gasteiger charge is 2.25. The summed E-state index contributed by atoms with van der Waals surface area (Å²) in [5.41, 5.74) is 3.17. The molecule has 3 nitrogen and oxygen atoms in total. The van der Waals surface area contributed by atoms with E-state index in [0.29, 0.717) is 30.1 Å². The lowest BCUT2D eigenvalue weighted by Gasteiger charge is -2.33. The molecule has 1 aliphatic heterocycles. The minimum absolute atomic E-state index is 0.0639. The van der Waals surface area contributed by atoms with E-state index < -0.39 is 0 Å². The van der Waals surface area contributed by atoms with Gasteiger partial charge in [-0.2, -0.15) is 0 Å². The summed E-state index contributed by atoms with van der Waals surface area (Å²) in [5.74, 6) is 0.259. The molecule has 1 atom stereocenters. The van der Waals surface area contributed by atoms with Crippen molar-refractivity contribution in [2.24, 2.45) is 5.92 Å². The van der Waals surface area contributed by atoms with Gasteiger partial charge in [0, 0.05) is 25.8 Å². The number of carbonyl (C=O) groups excluding carboxylic acids is 1. The standard InChI is InChI=1S/C22H26FNO2/c1-16-9-10-17(13-21(16)23)12-19-7-3-4-8-20(19)22(25)24-11-5-6-18(14-24)15-26-2/h3-4,7-10,13,18H,5-6,11-12,14-15H2,1-2H3. The van der Waals surface area contributed by atoms with Crippen LogP contribution in [0, 0.1) is 18.7 Å². The number of hydrogen-bond acceptors (Lipinski definition) is 2. The van der Waals surface area contributed by atoms with E-state index in [2.05, 4.69) is 0 Å². The molecular weight excluding hydrogens is 329 g/mol. The molecule has 0 spiro atoms. The fourth-order valence-corrected chi connectivity index (χ4v) is 3.64. The molecule has 0 saturated carbocycles. The maximum atomic E-state index is 13.9. The SMILES string of the molecule is COCC1CCCN(C(=O)c2ccccc2Cc2ccc(C)c(F)c2)C1. The third-order valence-electron chi connectivity index (χ3n) is 5.09. The molecule has 0 aromatic heterocycles. The number of nitrogens with zero attached hydrogens (tertiary/aromatic N) is 1. The van der Waals surface area contributed by atoms with E-state index in [1.54, 1.807) is 26.2 Å². The zero-order valence-electron chi connectivity index (χ0n) is 15.5. The first kappa shape index (κ1) is 18.6. The molecular formula is C22H26FNO2. The summed E-state index contributed by atoms with van der Waals surface area (Å²) in [7, 11) is 1.71. The molecule has 0 radical (unpaired) electrons. The van der Waals surface area contributed by atoms with Crippen molar-refractivity contribution in [3.63, 3.8) is 0 Å². The van der Waals surface area contributed by atoms with Gasteiger partial charge in [0.1, 0.15) is 5.82 Å². The van der Waals surface area contributed by atoms with E-state index in [1.807, 2.05) is 35.2 Å². The molecule has 138 valence electrons. The number of benzene rings is 2. The first-order valence-electron chi connectivity index (χ1n) is 9.19. The number of methoxy groups -OCH3 is 1. The molecule has 2 aromatic rings. The summed E-state index contributed by atoms with van der Waals surface area (Å²) in [4.78, 5) is 15.0. The van der Waals surface area contributed by atoms with Gasteiger partial charge in [0.15, 0.2) is 0 Å². The highest BCUT2D eigenvalue weighted by atomic mass is 19.1. The molecule has 0 aliphatic carbocycles.